The van der Waals surface area contributed by atoms with Gasteiger partial charge < -0.3 is 14.2 Å². The first-order valence-corrected chi connectivity index (χ1v) is 9.33. The van der Waals surface area contributed by atoms with Crippen molar-refractivity contribution in [2.75, 3.05) is 20.8 Å². The average Bonchev–Trinajstić information content (AvgIpc) is 2.41. The SMILES string of the molecule is CC[Si](CCCNC1CCCCC1)(OC)OC. The summed E-state index contributed by atoms with van der Waals surface area (Å²) in [6.07, 6.45) is 8.15. The van der Waals surface area contributed by atoms with Gasteiger partial charge in [-0.15, -0.1) is 0 Å². The number of nitrogens with one attached hydrogen (secondary N) is 1. The van der Waals surface area contributed by atoms with E-state index in [4.69, 9.17) is 8.85 Å². The molecular weight excluding hydrogens is 230 g/mol. The van der Waals surface area contributed by atoms with E-state index in [1.165, 1.54) is 38.5 Å². The van der Waals surface area contributed by atoms with E-state index in [1.807, 2.05) is 0 Å². The van der Waals surface area contributed by atoms with E-state index in [0.29, 0.717) is 0 Å². The molecule has 0 aromatic rings. The van der Waals surface area contributed by atoms with Crippen molar-refractivity contribution in [2.45, 2.75) is 63.6 Å². The molecule has 0 radical (unpaired) electrons. The van der Waals surface area contributed by atoms with Gasteiger partial charge in [-0.25, -0.2) is 0 Å². The van der Waals surface area contributed by atoms with Crippen LogP contribution < -0.4 is 5.32 Å². The van der Waals surface area contributed by atoms with Gasteiger partial charge in [0.1, 0.15) is 0 Å². The summed E-state index contributed by atoms with van der Waals surface area (Å²) in [4.78, 5) is 0. The minimum atomic E-state index is -1.84. The Bertz CT molecular complexity index is 184. The van der Waals surface area contributed by atoms with Crippen LogP contribution in [0.3, 0.4) is 0 Å². The van der Waals surface area contributed by atoms with E-state index in [0.717, 1.165) is 24.7 Å². The van der Waals surface area contributed by atoms with Crippen LogP contribution in [0.5, 0.6) is 0 Å². The van der Waals surface area contributed by atoms with Crippen LogP contribution in [0.4, 0.5) is 0 Å². The Balaban J connectivity index is 2.13. The van der Waals surface area contributed by atoms with Crippen molar-refractivity contribution in [1.29, 1.82) is 0 Å². The molecule has 1 aliphatic rings. The molecule has 3 nitrogen and oxygen atoms in total. The molecule has 102 valence electrons. The van der Waals surface area contributed by atoms with Gasteiger partial charge in [0.2, 0.25) is 0 Å². The molecule has 0 aromatic heterocycles. The Hall–Kier alpha value is 0.0969. The lowest BCUT2D eigenvalue weighted by atomic mass is 9.95. The number of hydrogen-bond acceptors (Lipinski definition) is 3. The normalized spacial score (nSPS) is 18.5. The maximum Gasteiger partial charge on any atom is 0.337 e. The van der Waals surface area contributed by atoms with E-state index >= 15 is 0 Å². The predicted octanol–water partition coefficient (Wildman–Crippen LogP) is 3.05. The minimum Gasteiger partial charge on any atom is -0.398 e. The first-order valence-electron chi connectivity index (χ1n) is 7.10. The van der Waals surface area contributed by atoms with E-state index < -0.39 is 8.56 Å². The molecule has 0 heterocycles. The maximum absolute atomic E-state index is 5.62. The molecule has 0 atom stereocenters. The summed E-state index contributed by atoms with van der Waals surface area (Å²) < 4.78 is 11.2. The molecule has 0 unspecified atom stereocenters. The van der Waals surface area contributed by atoms with Crippen molar-refractivity contribution in [1.82, 2.24) is 5.32 Å². The van der Waals surface area contributed by atoms with Crippen LogP contribution in [0.1, 0.15) is 45.4 Å². The van der Waals surface area contributed by atoms with E-state index in [9.17, 15) is 0 Å². The second-order valence-electron chi connectivity index (χ2n) is 5.07. The molecule has 0 aliphatic heterocycles. The number of hydrogen-bond donors (Lipinski definition) is 1. The second kappa shape index (κ2) is 8.24. The number of rotatable bonds is 8. The van der Waals surface area contributed by atoms with Gasteiger partial charge in [-0.2, -0.15) is 0 Å². The standard InChI is InChI=1S/C13H29NO2Si/c1-4-17(15-2,16-3)12-8-11-14-13-9-6-5-7-10-13/h13-14H,4-12H2,1-3H3. The molecule has 0 bridgehead atoms. The Morgan fingerprint density at radius 1 is 1.12 bits per heavy atom. The van der Waals surface area contributed by atoms with Crippen LogP contribution in [0.15, 0.2) is 0 Å². The van der Waals surface area contributed by atoms with E-state index in [1.54, 1.807) is 14.2 Å². The van der Waals surface area contributed by atoms with Crippen molar-refractivity contribution < 1.29 is 8.85 Å². The molecule has 0 spiro atoms. The predicted molar refractivity (Wildman–Crippen MR) is 74.6 cm³/mol. The Labute approximate surface area is 108 Å². The highest BCUT2D eigenvalue weighted by Gasteiger charge is 2.32. The summed E-state index contributed by atoms with van der Waals surface area (Å²) >= 11 is 0. The molecule has 1 rings (SSSR count). The van der Waals surface area contributed by atoms with Crippen molar-refractivity contribution in [3.63, 3.8) is 0 Å². The largest absolute Gasteiger partial charge is 0.398 e. The van der Waals surface area contributed by atoms with Gasteiger partial charge in [-0.3, -0.25) is 0 Å². The van der Waals surface area contributed by atoms with Crippen LogP contribution >= 0.6 is 0 Å². The summed E-state index contributed by atoms with van der Waals surface area (Å²) in [5, 5.41) is 3.68. The molecule has 1 fully saturated rings. The zero-order valence-corrected chi connectivity index (χ0v) is 12.8. The topological polar surface area (TPSA) is 30.5 Å². The van der Waals surface area contributed by atoms with Gasteiger partial charge in [-0.05, 0) is 37.9 Å². The van der Waals surface area contributed by atoms with Crippen LogP contribution in [0.2, 0.25) is 12.1 Å². The molecule has 17 heavy (non-hydrogen) atoms. The lowest BCUT2D eigenvalue weighted by Gasteiger charge is -2.27. The van der Waals surface area contributed by atoms with Crippen LogP contribution in [-0.2, 0) is 8.85 Å². The molecule has 4 heteroatoms. The van der Waals surface area contributed by atoms with E-state index in [-0.39, 0.29) is 0 Å². The summed E-state index contributed by atoms with van der Waals surface area (Å²) in [7, 11) is 1.75. The van der Waals surface area contributed by atoms with Crippen LogP contribution in [0, 0.1) is 0 Å². The highest BCUT2D eigenvalue weighted by molar-refractivity contribution is 6.67. The zero-order chi connectivity index (χ0) is 12.6. The molecule has 0 amide bonds. The van der Waals surface area contributed by atoms with Crippen LogP contribution in [-0.4, -0.2) is 35.4 Å². The Morgan fingerprint density at radius 2 is 1.76 bits per heavy atom. The fraction of sp³-hybridized carbons (Fsp3) is 1.00. The first kappa shape index (κ1) is 15.2. The van der Waals surface area contributed by atoms with Gasteiger partial charge >= 0.3 is 8.56 Å². The van der Waals surface area contributed by atoms with Gasteiger partial charge in [0.05, 0.1) is 0 Å². The summed E-state index contributed by atoms with van der Waals surface area (Å²) in [6.45, 7) is 3.29. The fourth-order valence-corrected chi connectivity index (χ4v) is 4.94. The highest BCUT2D eigenvalue weighted by atomic mass is 28.4. The fourth-order valence-electron chi connectivity index (χ4n) is 2.72. The second-order valence-corrected chi connectivity index (χ2v) is 8.91. The molecule has 1 N–H and O–H groups in total. The first-order chi connectivity index (χ1) is 8.26. The van der Waals surface area contributed by atoms with Crippen molar-refractivity contribution in [3.05, 3.63) is 0 Å². The molecule has 0 saturated heterocycles. The Kier molecular flexibility index (Phi) is 7.35. The van der Waals surface area contributed by atoms with Gasteiger partial charge in [0, 0.05) is 20.3 Å². The van der Waals surface area contributed by atoms with Crippen LogP contribution in [0.25, 0.3) is 0 Å². The van der Waals surface area contributed by atoms with Gasteiger partial charge in [-0.1, -0.05) is 26.2 Å². The zero-order valence-electron chi connectivity index (χ0n) is 11.8. The third kappa shape index (κ3) is 5.08. The van der Waals surface area contributed by atoms with Crippen molar-refractivity contribution >= 4 is 8.56 Å². The van der Waals surface area contributed by atoms with Gasteiger partial charge in [0.15, 0.2) is 0 Å². The molecule has 1 saturated carbocycles. The van der Waals surface area contributed by atoms with Gasteiger partial charge in [0.25, 0.3) is 0 Å². The maximum atomic E-state index is 5.62. The van der Waals surface area contributed by atoms with Crippen molar-refractivity contribution in [3.8, 4) is 0 Å². The third-order valence-electron chi connectivity index (χ3n) is 4.06. The molecule has 1 aliphatic carbocycles. The van der Waals surface area contributed by atoms with E-state index in [2.05, 4.69) is 12.2 Å². The lowest BCUT2D eigenvalue weighted by Crippen LogP contribution is -2.40. The molecule has 0 aromatic carbocycles. The lowest BCUT2D eigenvalue weighted by molar-refractivity contribution is 0.241. The minimum absolute atomic E-state index is 0.770. The summed E-state index contributed by atoms with van der Waals surface area (Å²) in [5.74, 6) is 0. The Morgan fingerprint density at radius 3 is 2.29 bits per heavy atom. The average molecular weight is 259 g/mol. The monoisotopic (exact) mass is 259 g/mol. The summed E-state index contributed by atoms with van der Waals surface area (Å²) in [5.41, 5.74) is 0. The summed E-state index contributed by atoms with van der Waals surface area (Å²) in [6, 6.07) is 2.92. The third-order valence-corrected chi connectivity index (χ3v) is 7.74. The quantitative estimate of drug-likeness (QED) is 0.537. The molecular formula is C13H29NO2Si. The highest BCUT2D eigenvalue weighted by Crippen LogP contribution is 2.20. The smallest absolute Gasteiger partial charge is 0.337 e. The van der Waals surface area contributed by atoms with Crippen molar-refractivity contribution in [2.24, 2.45) is 0 Å².